The summed E-state index contributed by atoms with van der Waals surface area (Å²) in [7, 11) is 0. The number of carbonyl (C=O) groups excluding carboxylic acids is 1. The average Bonchev–Trinajstić information content (AvgIpc) is 2.58. The van der Waals surface area contributed by atoms with Crippen molar-refractivity contribution in [2.45, 2.75) is 83.9 Å². The molecular formula is C21H34F4N2O. The van der Waals surface area contributed by atoms with Crippen LogP contribution in [0.4, 0.5) is 17.6 Å². The fraction of sp³-hybridized carbons (Fsp3) is 0.667. The molecule has 7 heteroatoms. The summed E-state index contributed by atoms with van der Waals surface area (Å²) in [6, 6.07) is 2.85. The van der Waals surface area contributed by atoms with Crippen LogP contribution in [0.1, 0.15) is 83.3 Å². The van der Waals surface area contributed by atoms with Gasteiger partial charge in [-0.15, -0.1) is 0 Å². The van der Waals surface area contributed by atoms with Crippen molar-refractivity contribution >= 4 is 6.41 Å². The number of nitrogens with two attached hydrogens (primary N) is 1. The first-order valence-corrected chi connectivity index (χ1v) is 9.78. The fourth-order valence-electron chi connectivity index (χ4n) is 2.85. The third kappa shape index (κ3) is 11.3. The number of halogens is 4. The number of benzene rings is 1. The van der Waals surface area contributed by atoms with Gasteiger partial charge in [0.2, 0.25) is 6.41 Å². The van der Waals surface area contributed by atoms with Crippen molar-refractivity contribution in [1.29, 1.82) is 0 Å². The van der Waals surface area contributed by atoms with E-state index >= 15 is 0 Å². The second-order valence-corrected chi connectivity index (χ2v) is 7.67. The number of nitrogens with one attached hydrogen (secondary N) is 1. The van der Waals surface area contributed by atoms with Gasteiger partial charge in [0.1, 0.15) is 5.82 Å². The number of amides is 1. The van der Waals surface area contributed by atoms with Crippen LogP contribution in [0.25, 0.3) is 0 Å². The molecule has 0 aliphatic rings. The SMILES string of the molecule is CCCC(CCCC(C)(C)N)c1ccc(C(F)(F)F)cc1F.CCCNC=O. The lowest BCUT2D eigenvalue weighted by Gasteiger charge is -2.22. The molecule has 1 atom stereocenters. The summed E-state index contributed by atoms with van der Waals surface area (Å²) in [6.07, 6.45) is 1.19. The maximum atomic E-state index is 14.1. The zero-order valence-electron chi connectivity index (χ0n) is 17.3. The maximum Gasteiger partial charge on any atom is 0.416 e. The molecule has 0 fully saturated rings. The van der Waals surface area contributed by atoms with E-state index in [-0.39, 0.29) is 11.5 Å². The molecule has 0 aliphatic heterocycles. The van der Waals surface area contributed by atoms with Crippen molar-refractivity contribution in [2.75, 3.05) is 6.54 Å². The molecule has 162 valence electrons. The second-order valence-electron chi connectivity index (χ2n) is 7.67. The predicted molar refractivity (Wildman–Crippen MR) is 106 cm³/mol. The van der Waals surface area contributed by atoms with Crippen molar-refractivity contribution in [3.63, 3.8) is 0 Å². The van der Waals surface area contributed by atoms with Crippen LogP contribution in [-0.2, 0) is 11.0 Å². The number of hydrogen-bond donors (Lipinski definition) is 2. The van der Waals surface area contributed by atoms with E-state index in [0.29, 0.717) is 18.0 Å². The predicted octanol–water partition coefficient (Wildman–Crippen LogP) is 5.78. The molecule has 0 saturated heterocycles. The lowest BCUT2D eigenvalue weighted by molar-refractivity contribution is -0.137. The van der Waals surface area contributed by atoms with Gasteiger partial charge in [0, 0.05) is 12.1 Å². The first kappa shape index (κ1) is 26.4. The van der Waals surface area contributed by atoms with Crippen molar-refractivity contribution in [3.05, 3.63) is 35.1 Å². The Balaban J connectivity index is 0.00000105. The lowest BCUT2D eigenvalue weighted by atomic mass is 9.86. The first-order valence-electron chi connectivity index (χ1n) is 9.78. The standard InChI is InChI=1S/C17H25F4N.C4H9NO/c1-4-6-12(7-5-10-16(2,3)22)14-9-8-13(11-15(14)18)17(19,20)21;1-2-3-5-4-6/h8-9,11-12H,4-7,10,22H2,1-3H3;4H,2-3H2,1H3,(H,5,6). The largest absolute Gasteiger partial charge is 0.416 e. The van der Waals surface area contributed by atoms with Crippen LogP contribution in [0.15, 0.2) is 18.2 Å². The molecule has 0 radical (unpaired) electrons. The lowest BCUT2D eigenvalue weighted by Crippen LogP contribution is -2.31. The van der Waals surface area contributed by atoms with E-state index in [4.69, 9.17) is 5.73 Å². The summed E-state index contributed by atoms with van der Waals surface area (Å²) in [5, 5.41) is 2.52. The van der Waals surface area contributed by atoms with Gasteiger partial charge < -0.3 is 11.1 Å². The molecule has 0 heterocycles. The van der Waals surface area contributed by atoms with Crippen LogP contribution in [0, 0.1) is 5.82 Å². The zero-order valence-corrected chi connectivity index (χ0v) is 17.3. The highest BCUT2D eigenvalue weighted by Crippen LogP contribution is 2.34. The van der Waals surface area contributed by atoms with Crippen LogP contribution < -0.4 is 11.1 Å². The molecule has 1 aromatic rings. The molecule has 1 aromatic carbocycles. The van der Waals surface area contributed by atoms with Crippen molar-refractivity contribution in [2.24, 2.45) is 5.73 Å². The van der Waals surface area contributed by atoms with E-state index in [1.807, 2.05) is 27.7 Å². The number of alkyl halides is 3. The Kier molecular flexibility index (Phi) is 12.0. The van der Waals surface area contributed by atoms with Crippen LogP contribution in [0.2, 0.25) is 0 Å². The minimum atomic E-state index is -4.51. The Bertz CT molecular complexity index is 569. The van der Waals surface area contributed by atoms with E-state index < -0.39 is 17.6 Å². The summed E-state index contributed by atoms with van der Waals surface area (Å²) < 4.78 is 51.9. The summed E-state index contributed by atoms with van der Waals surface area (Å²) in [6.45, 7) is 8.66. The zero-order chi connectivity index (χ0) is 21.8. The van der Waals surface area contributed by atoms with E-state index in [9.17, 15) is 22.4 Å². The highest BCUT2D eigenvalue weighted by Gasteiger charge is 2.31. The molecule has 0 bridgehead atoms. The minimum absolute atomic E-state index is 0.0605. The Hall–Kier alpha value is -1.63. The van der Waals surface area contributed by atoms with Crippen molar-refractivity contribution < 1.29 is 22.4 Å². The van der Waals surface area contributed by atoms with E-state index in [2.05, 4.69) is 5.32 Å². The Morgan fingerprint density at radius 2 is 1.79 bits per heavy atom. The molecule has 0 aliphatic carbocycles. The fourth-order valence-corrected chi connectivity index (χ4v) is 2.85. The molecule has 3 N–H and O–H groups in total. The summed E-state index contributed by atoms with van der Waals surface area (Å²) in [5.74, 6) is -0.824. The van der Waals surface area contributed by atoms with Gasteiger partial charge in [-0.2, -0.15) is 13.2 Å². The highest BCUT2D eigenvalue weighted by atomic mass is 19.4. The maximum absolute atomic E-state index is 14.1. The van der Waals surface area contributed by atoms with Gasteiger partial charge in [0.15, 0.2) is 0 Å². The second kappa shape index (κ2) is 12.8. The minimum Gasteiger partial charge on any atom is -0.359 e. The van der Waals surface area contributed by atoms with Crippen LogP contribution in [0.3, 0.4) is 0 Å². The Morgan fingerprint density at radius 3 is 2.18 bits per heavy atom. The van der Waals surface area contributed by atoms with Crippen molar-refractivity contribution in [1.82, 2.24) is 5.32 Å². The third-order valence-corrected chi connectivity index (χ3v) is 4.26. The van der Waals surface area contributed by atoms with Crippen LogP contribution in [0.5, 0.6) is 0 Å². The molecule has 1 rings (SSSR count). The summed E-state index contributed by atoms with van der Waals surface area (Å²) in [5.41, 5.74) is 5.09. The number of carbonyl (C=O) groups is 1. The molecule has 1 amide bonds. The van der Waals surface area contributed by atoms with Crippen LogP contribution >= 0.6 is 0 Å². The Labute approximate surface area is 166 Å². The quantitative estimate of drug-likeness (QED) is 0.294. The van der Waals surface area contributed by atoms with Gasteiger partial charge in [-0.05, 0) is 63.1 Å². The van der Waals surface area contributed by atoms with Crippen molar-refractivity contribution in [3.8, 4) is 0 Å². The molecule has 0 spiro atoms. The molecule has 0 aromatic heterocycles. The van der Waals surface area contributed by atoms with Gasteiger partial charge in [-0.3, -0.25) is 4.79 Å². The average molecular weight is 407 g/mol. The van der Waals surface area contributed by atoms with Gasteiger partial charge in [-0.1, -0.05) is 32.8 Å². The molecule has 1 unspecified atom stereocenters. The van der Waals surface area contributed by atoms with Crippen LogP contribution in [-0.4, -0.2) is 18.5 Å². The monoisotopic (exact) mass is 406 g/mol. The number of hydrogen-bond acceptors (Lipinski definition) is 2. The summed E-state index contributed by atoms with van der Waals surface area (Å²) >= 11 is 0. The topological polar surface area (TPSA) is 55.1 Å². The summed E-state index contributed by atoms with van der Waals surface area (Å²) in [4.78, 5) is 9.45. The van der Waals surface area contributed by atoms with Gasteiger partial charge in [-0.25, -0.2) is 4.39 Å². The van der Waals surface area contributed by atoms with E-state index in [0.717, 1.165) is 51.1 Å². The molecule has 0 saturated carbocycles. The number of rotatable bonds is 10. The van der Waals surface area contributed by atoms with E-state index in [1.165, 1.54) is 6.07 Å². The molecular weight excluding hydrogens is 372 g/mol. The highest BCUT2D eigenvalue weighted by molar-refractivity contribution is 5.45. The van der Waals surface area contributed by atoms with Gasteiger partial charge >= 0.3 is 6.18 Å². The molecule has 28 heavy (non-hydrogen) atoms. The van der Waals surface area contributed by atoms with Gasteiger partial charge in [0.25, 0.3) is 0 Å². The van der Waals surface area contributed by atoms with E-state index in [1.54, 1.807) is 0 Å². The third-order valence-electron chi connectivity index (χ3n) is 4.26. The Morgan fingerprint density at radius 1 is 1.14 bits per heavy atom. The first-order chi connectivity index (χ1) is 13.0. The smallest absolute Gasteiger partial charge is 0.359 e. The van der Waals surface area contributed by atoms with Gasteiger partial charge in [0.05, 0.1) is 5.56 Å². The normalized spacial score (nSPS) is 12.8. The molecule has 3 nitrogen and oxygen atoms in total.